The minimum absolute atomic E-state index is 0.0924. The summed E-state index contributed by atoms with van der Waals surface area (Å²) in [6.07, 6.45) is 0. The van der Waals surface area contributed by atoms with Gasteiger partial charge in [-0.1, -0.05) is 32.9 Å². The second kappa shape index (κ2) is 7.25. The molecule has 1 unspecified atom stereocenters. The van der Waals surface area contributed by atoms with E-state index in [0.717, 1.165) is 0 Å². The van der Waals surface area contributed by atoms with Gasteiger partial charge in [-0.25, -0.2) is 9.49 Å². The van der Waals surface area contributed by atoms with Gasteiger partial charge < -0.3 is 10.1 Å². The number of aromatic amines is 1. The van der Waals surface area contributed by atoms with Crippen LogP contribution in [0.4, 0.5) is 4.39 Å². The number of carbonyl (C=O) groups is 1. The molecule has 0 aliphatic rings. The summed E-state index contributed by atoms with van der Waals surface area (Å²) in [5, 5.41) is 8.72. The van der Waals surface area contributed by atoms with Crippen molar-refractivity contribution in [2.24, 2.45) is 5.41 Å². The van der Waals surface area contributed by atoms with E-state index in [2.05, 4.69) is 15.5 Å². The Morgan fingerprint density at radius 1 is 1.29 bits per heavy atom. The van der Waals surface area contributed by atoms with Gasteiger partial charge in [0.15, 0.2) is 11.6 Å². The first kappa shape index (κ1) is 17.7. The molecule has 1 aromatic heterocycles. The molecule has 2 N–H and O–H groups in total. The Morgan fingerprint density at radius 3 is 2.58 bits per heavy atom. The molecule has 0 fully saturated rings. The zero-order chi connectivity index (χ0) is 17.7. The maximum Gasteiger partial charge on any atom is 0.272 e. The number of aromatic nitrogens is 2. The van der Waals surface area contributed by atoms with Crippen molar-refractivity contribution in [1.82, 2.24) is 15.5 Å². The van der Waals surface area contributed by atoms with E-state index in [4.69, 9.17) is 4.74 Å². The topological polar surface area (TPSA) is 84.1 Å². The van der Waals surface area contributed by atoms with E-state index >= 15 is 0 Å². The molecule has 128 valence electrons. The number of para-hydroxylation sites is 1. The third-order valence-corrected chi connectivity index (χ3v) is 3.50. The molecule has 0 aliphatic heterocycles. The molecule has 1 amide bonds. The van der Waals surface area contributed by atoms with Crippen LogP contribution in [0.15, 0.2) is 41.2 Å². The van der Waals surface area contributed by atoms with Crippen LogP contribution >= 0.6 is 0 Å². The van der Waals surface area contributed by atoms with E-state index in [1.807, 2.05) is 20.8 Å². The first-order chi connectivity index (χ1) is 11.3. The van der Waals surface area contributed by atoms with Crippen molar-refractivity contribution in [3.63, 3.8) is 0 Å². The summed E-state index contributed by atoms with van der Waals surface area (Å²) in [5.41, 5.74) is -0.625. The van der Waals surface area contributed by atoms with Crippen LogP contribution < -0.4 is 15.6 Å². The van der Waals surface area contributed by atoms with Crippen molar-refractivity contribution in [2.45, 2.75) is 26.8 Å². The van der Waals surface area contributed by atoms with E-state index in [1.54, 1.807) is 12.1 Å². The molecular formula is C17H20FN3O3. The highest BCUT2D eigenvalue weighted by molar-refractivity contribution is 5.92. The highest BCUT2D eigenvalue weighted by Crippen LogP contribution is 2.22. The molecule has 24 heavy (non-hydrogen) atoms. The zero-order valence-corrected chi connectivity index (χ0v) is 13.8. The predicted octanol–water partition coefficient (Wildman–Crippen LogP) is 2.13. The molecule has 1 heterocycles. The highest BCUT2D eigenvalue weighted by atomic mass is 19.1. The average molecular weight is 333 g/mol. The number of nitrogens with zero attached hydrogens (tertiary/aromatic N) is 1. The zero-order valence-electron chi connectivity index (χ0n) is 13.8. The number of benzene rings is 1. The molecule has 0 saturated heterocycles. The number of H-pyrrole nitrogens is 1. The lowest BCUT2D eigenvalue weighted by atomic mass is 9.87. The fraction of sp³-hybridized carbons (Fsp3) is 0.353. The van der Waals surface area contributed by atoms with E-state index in [0.29, 0.717) is 0 Å². The summed E-state index contributed by atoms with van der Waals surface area (Å²) in [5.74, 6) is -0.773. The van der Waals surface area contributed by atoms with Gasteiger partial charge in [0.1, 0.15) is 12.3 Å². The number of nitrogens with one attached hydrogen (secondary N) is 2. The summed E-state index contributed by atoms with van der Waals surface area (Å²) in [7, 11) is 0. The third-order valence-electron chi connectivity index (χ3n) is 3.50. The number of hydrogen-bond acceptors (Lipinski definition) is 4. The van der Waals surface area contributed by atoms with Crippen LogP contribution in [0.25, 0.3) is 0 Å². The maximum atomic E-state index is 13.6. The van der Waals surface area contributed by atoms with Crippen LogP contribution in [0.1, 0.15) is 31.3 Å². The quantitative estimate of drug-likeness (QED) is 0.878. The van der Waals surface area contributed by atoms with Crippen molar-refractivity contribution in [1.29, 1.82) is 0 Å². The second-order valence-electron chi connectivity index (χ2n) is 6.44. The number of carbonyl (C=O) groups excluding carboxylic acids is 1. The summed E-state index contributed by atoms with van der Waals surface area (Å²) >= 11 is 0. The van der Waals surface area contributed by atoms with Crippen LogP contribution in [0.2, 0.25) is 0 Å². The second-order valence-corrected chi connectivity index (χ2v) is 6.44. The van der Waals surface area contributed by atoms with Gasteiger partial charge in [-0.15, -0.1) is 0 Å². The van der Waals surface area contributed by atoms with Crippen molar-refractivity contribution in [3.8, 4) is 5.75 Å². The molecule has 1 aromatic carbocycles. The SMILES string of the molecule is CC(C)(C)C(COc1ccccc1F)NC(=O)c1ccc(=O)[nH]n1. The molecule has 0 spiro atoms. The van der Waals surface area contributed by atoms with E-state index in [-0.39, 0.29) is 29.0 Å². The van der Waals surface area contributed by atoms with Crippen molar-refractivity contribution in [2.75, 3.05) is 6.61 Å². The van der Waals surface area contributed by atoms with Crippen LogP contribution in [-0.2, 0) is 0 Å². The molecule has 0 radical (unpaired) electrons. The molecule has 7 heteroatoms. The molecule has 2 aromatic rings. The summed E-state index contributed by atoms with van der Waals surface area (Å²) in [6, 6.07) is 8.26. The van der Waals surface area contributed by atoms with E-state index in [9.17, 15) is 14.0 Å². The van der Waals surface area contributed by atoms with Gasteiger partial charge in [0.05, 0.1) is 6.04 Å². The van der Waals surface area contributed by atoms with Crippen molar-refractivity contribution < 1.29 is 13.9 Å². The van der Waals surface area contributed by atoms with Gasteiger partial charge in [0, 0.05) is 6.07 Å². The monoisotopic (exact) mass is 333 g/mol. The number of rotatable bonds is 5. The lowest BCUT2D eigenvalue weighted by Gasteiger charge is -2.31. The van der Waals surface area contributed by atoms with Crippen molar-refractivity contribution >= 4 is 5.91 Å². The Labute approximate surface area is 139 Å². The lowest BCUT2D eigenvalue weighted by Crippen LogP contribution is -2.47. The van der Waals surface area contributed by atoms with Gasteiger partial charge >= 0.3 is 0 Å². The number of ether oxygens (including phenoxy) is 1. The fourth-order valence-electron chi connectivity index (χ4n) is 1.95. The number of halogens is 1. The highest BCUT2D eigenvalue weighted by Gasteiger charge is 2.28. The normalized spacial score (nSPS) is 12.5. The van der Waals surface area contributed by atoms with Crippen LogP contribution in [0.5, 0.6) is 5.75 Å². The number of hydrogen-bond donors (Lipinski definition) is 2. The Hall–Kier alpha value is -2.70. The van der Waals surface area contributed by atoms with Crippen LogP contribution in [0, 0.1) is 11.2 Å². The molecule has 1 atom stereocenters. The van der Waals surface area contributed by atoms with E-state index in [1.165, 1.54) is 24.3 Å². The van der Waals surface area contributed by atoms with Gasteiger partial charge in [-0.05, 0) is 23.6 Å². The molecular weight excluding hydrogens is 313 g/mol. The Kier molecular flexibility index (Phi) is 5.33. The van der Waals surface area contributed by atoms with Gasteiger partial charge in [-0.2, -0.15) is 5.10 Å². The smallest absolute Gasteiger partial charge is 0.272 e. The molecule has 6 nitrogen and oxygen atoms in total. The van der Waals surface area contributed by atoms with Gasteiger partial charge in [-0.3, -0.25) is 9.59 Å². The van der Waals surface area contributed by atoms with Crippen LogP contribution in [0.3, 0.4) is 0 Å². The Bertz CT molecular complexity index is 748. The molecule has 2 rings (SSSR count). The molecule has 0 aliphatic carbocycles. The first-order valence-electron chi connectivity index (χ1n) is 7.51. The predicted molar refractivity (Wildman–Crippen MR) is 87.5 cm³/mol. The van der Waals surface area contributed by atoms with Crippen molar-refractivity contribution in [3.05, 3.63) is 58.3 Å². The number of amides is 1. The summed E-state index contributed by atoms with van der Waals surface area (Å²) < 4.78 is 19.2. The van der Waals surface area contributed by atoms with Gasteiger partial charge in [0.25, 0.3) is 11.5 Å². The molecule has 0 saturated carbocycles. The summed E-state index contributed by atoms with van der Waals surface area (Å²) in [6.45, 7) is 5.90. The van der Waals surface area contributed by atoms with Gasteiger partial charge in [0.2, 0.25) is 0 Å². The van der Waals surface area contributed by atoms with E-state index < -0.39 is 17.8 Å². The standard InChI is InChI=1S/C17H20FN3O3/c1-17(2,3)14(10-24-13-7-5-4-6-11(13)18)19-16(23)12-8-9-15(22)21-20-12/h4-9,14H,10H2,1-3H3,(H,19,23)(H,21,22). The Morgan fingerprint density at radius 2 is 2.00 bits per heavy atom. The van der Waals surface area contributed by atoms with Crippen LogP contribution in [-0.4, -0.2) is 28.8 Å². The largest absolute Gasteiger partial charge is 0.488 e. The average Bonchev–Trinajstić information content (AvgIpc) is 2.52. The third kappa shape index (κ3) is 4.65. The minimum Gasteiger partial charge on any atom is -0.488 e. The summed E-state index contributed by atoms with van der Waals surface area (Å²) in [4.78, 5) is 23.3. The maximum absolute atomic E-state index is 13.6. The Balaban J connectivity index is 2.08. The molecule has 0 bridgehead atoms. The lowest BCUT2D eigenvalue weighted by molar-refractivity contribution is 0.0854. The first-order valence-corrected chi connectivity index (χ1v) is 7.51. The fourth-order valence-corrected chi connectivity index (χ4v) is 1.95. The minimum atomic E-state index is -0.459.